The van der Waals surface area contributed by atoms with Crippen molar-refractivity contribution in [1.82, 2.24) is 15.1 Å². The molecule has 0 spiro atoms. The Balaban J connectivity index is 1.69. The van der Waals surface area contributed by atoms with Crippen molar-refractivity contribution < 1.29 is 0 Å². The van der Waals surface area contributed by atoms with Crippen LogP contribution in [0.2, 0.25) is 0 Å². The maximum absolute atomic E-state index is 4.42. The van der Waals surface area contributed by atoms with E-state index in [2.05, 4.69) is 54.7 Å². The van der Waals surface area contributed by atoms with Crippen LogP contribution in [0.1, 0.15) is 35.3 Å². The Labute approximate surface area is 114 Å². The molecular formula is C16H21N3. The minimum atomic E-state index is 0.355. The zero-order chi connectivity index (χ0) is 13.4. The monoisotopic (exact) mass is 255 g/mol. The molecule has 3 rings (SSSR count). The number of hydrogen-bond donors (Lipinski definition) is 1. The third kappa shape index (κ3) is 2.43. The molecule has 1 aromatic carbocycles. The predicted octanol–water partition coefficient (Wildman–Crippen LogP) is 2.55. The average Bonchev–Trinajstić information content (AvgIpc) is 2.91. The van der Waals surface area contributed by atoms with Gasteiger partial charge in [0.15, 0.2) is 0 Å². The SMILES string of the molecule is Cc1nn(C)cc1C(C)NC1Cc2ccccc2C1. The molecular weight excluding hydrogens is 234 g/mol. The number of nitrogens with one attached hydrogen (secondary N) is 1. The van der Waals surface area contributed by atoms with Crippen LogP contribution >= 0.6 is 0 Å². The highest BCUT2D eigenvalue weighted by Crippen LogP contribution is 2.24. The zero-order valence-corrected chi connectivity index (χ0v) is 11.9. The van der Waals surface area contributed by atoms with Crippen LogP contribution in [-0.4, -0.2) is 15.8 Å². The number of nitrogens with zero attached hydrogens (tertiary/aromatic N) is 2. The van der Waals surface area contributed by atoms with E-state index in [0.29, 0.717) is 12.1 Å². The number of rotatable bonds is 3. The van der Waals surface area contributed by atoms with Crippen LogP contribution in [0.4, 0.5) is 0 Å². The van der Waals surface area contributed by atoms with Gasteiger partial charge in [-0.3, -0.25) is 4.68 Å². The summed E-state index contributed by atoms with van der Waals surface area (Å²) in [5.41, 5.74) is 5.42. The number of fused-ring (bicyclic) bond motifs is 1. The van der Waals surface area contributed by atoms with Gasteiger partial charge in [0, 0.05) is 30.9 Å². The fraction of sp³-hybridized carbons (Fsp3) is 0.438. The molecule has 0 radical (unpaired) electrons. The van der Waals surface area contributed by atoms with Crippen LogP contribution in [0.15, 0.2) is 30.5 Å². The number of hydrogen-bond acceptors (Lipinski definition) is 2. The summed E-state index contributed by atoms with van der Waals surface area (Å²) in [6.07, 6.45) is 4.40. The Morgan fingerprint density at radius 3 is 2.42 bits per heavy atom. The number of aromatic nitrogens is 2. The molecule has 0 amide bonds. The van der Waals surface area contributed by atoms with Crippen molar-refractivity contribution in [3.05, 3.63) is 52.8 Å². The fourth-order valence-electron chi connectivity index (χ4n) is 3.16. The van der Waals surface area contributed by atoms with Gasteiger partial charge in [0.1, 0.15) is 0 Å². The van der Waals surface area contributed by atoms with E-state index in [-0.39, 0.29) is 0 Å². The summed E-state index contributed by atoms with van der Waals surface area (Å²) in [6, 6.07) is 9.67. The van der Waals surface area contributed by atoms with Crippen LogP contribution in [0.25, 0.3) is 0 Å². The quantitative estimate of drug-likeness (QED) is 0.913. The lowest BCUT2D eigenvalue weighted by molar-refractivity contribution is 0.466. The Hall–Kier alpha value is -1.61. The van der Waals surface area contributed by atoms with Gasteiger partial charge in [-0.1, -0.05) is 24.3 Å². The third-order valence-electron chi connectivity index (χ3n) is 4.05. The molecule has 1 heterocycles. The first-order chi connectivity index (χ1) is 9.13. The van der Waals surface area contributed by atoms with E-state index in [1.54, 1.807) is 0 Å². The van der Waals surface area contributed by atoms with Crippen molar-refractivity contribution >= 4 is 0 Å². The van der Waals surface area contributed by atoms with E-state index in [0.717, 1.165) is 18.5 Å². The second kappa shape index (κ2) is 4.82. The largest absolute Gasteiger partial charge is 0.307 e. The minimum absolute atomic E-state index is 0.355. The van der Waals surface area contributed by atoms with Gasteiger partial charge in [0.2, 0.25) is 0 Å². The second-order valence-electron chi connectivity index (χ2n) is 5.61. The molecule has 0 fully saturated rings. The maximum Gasteiger partial charge on any atom is 0.0641 e. The lowest BCUT2D eigenvalue weighted by Gasteiger charge is -2.18. The van der Waals surface area contributed by atoms with Crippen molar-refractivity contribution in [2.24, 2.45) is 7.05 Å². The molecule has 1 aliphatic carbocycles. The van der Waals surface area contributed by atoms with E-state index >= 15 is 0 Å². The van der Waals surface area contributed by atoms with E-state index in [4.69, 9.17) is 0 Å². The highest BCUT2D eigenvalue weighted by Gasteiger charge is 2.23. The van der Waals surface area contributed by atoms with Gasteiger partial charge in [0.25, 0.3) is 0 Å². The molecule has 1 aromatic heterocycles. The van der Waals surface area contributed by atoms with Gasteiger partial charge in [-0.25, -0.2) is 0 Å². The second-order valence-corrected chi connectivity index (χ2v) is 5.61. The number of benzene rings is 1. The molecule has 100 valence electrons. The lowest BCUT2D eigenvalue weighted by Crippen LogP contribution is -2.32. The molecule has 1 unspecified atom stereocenters. The van der Waals surface area contributed by atoms with Gasteiger partial charge >= 0.3 is 0 Å². The van der Waals surface area contributed by atoms with Crippen molar-refractivity contribution in [2.75, 3.05) is 0 Å². The van der Waals surface area contributed by atoms with Crippen LogP contribution in [0.3, 0.4) is 0 Å². The Kier molecular flexibility index (Phi) is 3.15. The summed E-state index contributed by atoms with van der Waals surface area (Å²) in [5, 5.41) is 8.17. The van der Waals surface area contributed by atoms with Crippen molar-refractivity contribution in [3.8, 4) is 0 Å². The molecule has 3 nitrogen and oxygen atoms in total. The summed E-state index contributed by atoms with van der Waals surface area (Å²) in [5.74, 6) is 0. The van der Waals surface area contributed by atoms with E-state index in [1.165, 1.54) is 16.7 Å². The molecule has 2 aromatic rings. The highest BCUT2D eigenvalue weighted by molar-refractivity contribution is 5.33. The molecule has 1 atom stereocenters. The summed E-state index contributed by atoms with van der Waals surface area (Å²) < 4.78 is 1.90. The molecule has 0 bridgehead atoms. The highest BCUT2D eigenvalue weighted by atomic mass is 15.3. The maximum atomic E-state index is 4.42. The molecule has 19 heavy (non-hydrogen) atoms. The summed E-state index contributed by atoms with van der Waals surface area (Å²) >= 11 is 0. The zero-order valence-electron chi connectivity index (χ0n) is 11.9. The molecule has 1 aliphatic rings. The fourth-order valence-corrected chi connectivity index (χ4v) is 3.16. The molecule has 3 heteroatoms. The van der Waals surface area contributed by atoms with Crippen LogP contribution < -0.4 is 5.32 Å². The normalized spacial score (nSPS) is 16.6. The van der Waals surface area contributed by atoms with E-state index in [1.807, 2.05) is 11.7 Å². The Bertz CT molecular complexity index is 560. The van der Waals surface area contributed by atoms with Gasteiger partial charge in [-0.05, 0) is 37.8 Å². The molecule has 0 saturated heterocycles. The van der Waals surface area contributed by atoms with Crippen molar-refractivity contribution in [2.45, 2.75) is 38.8 Å². The topological polar surface area (TPSA) is 29.9 Å². The molecule has 1 N–H and O–H groups in total. The van der Waals surface area contributed by atoms with Crippen LogP contribution in [0.5, 0.6) is 0 Å². The Morgan fingerprint density at radius 1 is 1.26 bits per heavy atom. The molecule has 0 saturated carbocycles. The summed E-state index contributed by atoms with van der Waals surface area (Å²) in [6.45, 7) is 4.31. The lowest BCUT2D eigenvalue weighted by atomic mass is 10.1. The van der Waals surface area contributed by atoms with Gasteiger partial charge in [-0.15, -0.1) is 0 Å². The van der Waals surface area contributed by atoms with E-state index in [9.17, 15) is 0 Å². The van der Waals surface area contributed by atoms with Gasteiger partial charge < -0.3 is 5.32 Å². The Morgan fingerprint density at radius 2 is 1.89 bits per heavy atom. The van der Waals surface area contributed by atoms with Crippen LogP contribution in [-0.2, 0) is 19.9 Å². The summed E-state index contributed by atoms with van der Waals surface area (Å²) in [7, 11) is 1.98. The summed E-state index contributed by atoms with van der Waals surface area (Å²) in [4.78, 5) is 0. The van der Waals surface area contributed by atoms with Gasteiger partial charge in [-0.2, -0.15) is 5.10 Å². The van der Waals surface area contributed by atoms with Gasteiger partial charge in [0.05, 0.1) is 5.69 Å². The smallest absolute Gasteiger partial charge is 0.0641 e. The van der Waals surface area contributed by atoms with Crippen molar-refractivity contribution in [1.29, 1.82) is 0 Å². The average molecular weight is 255 g/mol. The third-order valence-corrected chi connectivity index (χ3v) is 4.05. The van der Waals surface area contributed by atoms with E-state index < -0.39 is 0 Å². The predicted molar refractivity (Wildman–Crippen MR) is 77.1 cm³/mol. The standard InChI is InChI=1S/C16H21N3/c1-11(16-10-19(3)18-12(16)2)17-15-8-13-6-4-5-7-14(13)9-15/h4-7,10-11,15,17H,8-9H2,1-3H3. The first-order valence-corrected chi connectivity index (χ1v) is 6.96. The van der Waals surface area contributed by atoms with Crippen LogP contribution in [0, 0.1) is 6.92 Å². The first kappa shape index (κ1) is 12.4. The van der Waals surface area contributed by atoms with Crippen molar-refractivity contribution in [3.63, 3.8) is 0 Å². The minimum Gasteiger partial charge on any atom is -0.307 e. The number of aryl methyl sites for hydroxylation is 2. The molecule has 0 aliphatic heterocycles. The first-order valence-electron chi connectivity index (χ1n) is 6.96.